The Morgan fingerprint density at radius 2 is 1.80 bits per heavy atom. The van der Waals surface area contributed by atoms with Gasteiger partial charge in [0.15, 0.2) is 0 Å². The maximum absolute atomic E-state index is 11.9. The van der Waals surface area contributed by atoms with Gasteiger partial charge in [-0.05, 0) is 30.3 Å². The number of H-pyrrole nitrogens is 2. The zero-order valence-corrected chi connectivity index (χ0v) is 19.9. The van der Waals surface area contributed by atoms with Gasteiger partial charge < -0.3 is 15.6 Å². The molecule has 1 saturated heterocycles. The normalized spacial score (nSPS) is 15.3. The summed E-state index contributed by atoms with van der Waals surface area (Å²) < 4.78 is 25.3. The third-order valence-corrected chi connectivity index (χ3v) is 7.75. The Bertz CT molecular complexity index is 1670. The lowest BCUT2D eigenvalue weighted by Gasteiger charge is -2.35. The van der Waals surface area contributed by atoms with Crippen LogP contribution in [0.15, 0.2) is 55.0 Å². The molecule has 5 heterocycles. The number of anilines is 2. The van der Waals surface area contributed by atoms with Crippen molar-refractivity contribution in [3.63, 3.8) is 0 Å². The largest absolute Gasteiger partial charge is 0.397 e. The third-order valence-electron chi connectivity index (χ3n) is 6.45. The molecule has 4 N–H and O–H groups in total. The van der Waals surface area contributed by atoms with Crippen molar-refractivity contribution in [2.24, 2.45) is 0 Å². The lowest BCUT2D eigenvalue weighted by atomic mass is 10.1. The Labute approximate surface area is 201 Å². The Kier molecular flexibility index (Phi) is 4.97. The molecule has 0 spiro atoms. The fourth-order valence-electron chi connectivity index (χ4n) is 4.68. The molecule has 0 saturated carbocycles. The van der Waals surface area contributed by atoms with E-state index in [9.17, 15) is 8.42 Å². The predicted octanol–water partition coefficient (Wildman–Crippen LogP) is 2.83. The monoisotopic (exact) mass is 488 g/mol. The number of hydrogen-bond donors (Lipinski definition) is 3. The van der Waals surface area contributed by atoms with Crippen LogP contribution in [0.25, 0.3) is 44.5 Å². The molecule has 1 aliphatic rings. The van der Waals surface area contributed by atoms with E-state index in [0.717, 1.165) is 50.1 Å². The van der Waals surface area contributed by atoms with Crippen LogP contribution in [0.2, 0.25) is 0 Å². The van der Waals surface area contributed by atoms with Gasteiger partial charge in [0.1, 0.15) is 5.69 Å². The molecule has 10 nitrogen and oxygen atoms in total. The van der Waals surface area contributed by atoms with Gasteiger partial charge in [-0.15, -0.1) is 0 Å². The molecule has 0 atom stereocenters. The second-order valence-electron chi connectivity index (χ2n) is 8.76. The van der Waals surface area contributed by atoms with Crippen molar-refractivity contribution in [1.29, 1.82) is 0 Å². The highest BCUT2D eigenvalue weighted by atomic mass is 32.2. The number of nitrogens with zero attached hydrogens (tertiary/aromatic N) is 5. The number of hydrogen-bond acceptors (Lipinski definition) is 7. The highest BCUT2D eigenvalue weighted by Gasteiger charge is 2.25. The molecule has 0 unspecified atom stereocenters. The van der Waals surface area contributed by atoms with E-state index in [1.54, 1.807) is 18.6 Å². The lowest BCUT2D eigenvalue weighted by molar-refractivity contribution is 0.388. The van der Waals surface area contributed by atoms with E-state index in [0.29, 0.717) is 31.9 Å². The van der Waals surface area contributed by atoms with E-state index in [2.05, 4.69) is 42.2 Å². The number of nitrogens with one attached hydrogen (secondary N) is 2. The summed E-state index contributed by atoms with van der Waals surface area (Å²) in [7, 11) is -3.17. The molecule has 11 heteroatoms. The molecule has 1 aliphatic heterocycles. The van der Waals surface area contributed by atoms with Crippen LogP contribution in [-0.4, -0.2) is 70.3 Å². The molecule has 1 aromatic carbocycles. The first-order chi connectivity index (χ1) is 16.9. The number of nitrogens with two attached hydrogens (primary N) is 1. The summed E-state index contributed by atoms with van der Waals surface area (Å²) in [6, 6.07) is 12.1. The molecule has 1 fully saturated rings. The van der Waals surface area contributed by atoms with Crippen LogP contribution in [0.3, 0.4) is 0 Å². The summed E-state index contributed by atoms with van der Waals surface area (Å²) in [5.41, 5.74) is 12.7. The van der Waals surface area contributed by atoms with Crippen molar-refractivity contribution in [3.05, 3.63) is 55.0 Å². The highest BCUT2D eigenvalue weighted by Crippen LogP contribution is 2.34. The zero-order chi connectivity index (χ0) is 24.2. The van der Waals surface area contributed by atoms with E-state index in [1.807, 2.05) is 24.3 Å². The molecule has 6 rings (SSSR count). The molecule has 178 valence electrons. The van der Waals surface area contributed by atoms with E-state index < -0.39 is 10.0 Å². The fourth-order valence-corrected chi connectivity index (χ4v) is 5.51. The van der Waals surface area contributed by atoms with E-state index in [1.165, 1.54) is 10.6 Å². The van der Waals surface area contributed by atoms with Gasteiger partial charge in [0.05, 0.1) is 35.0 Å². The van der Waals surface area contributed by atoms with Crippen molar-refractivity contribution < 1.29 is 8.42 Å². The minimum Gasteiger partial charge on any atom is -0.397 e. The first kappa shape index (κ1) is 21.6. The molecule has 4 aromatic heterocycles. The second-order valence-corrected chi connectivity index (χ2v) is 10.7. The molecule has 5 aromatic rings. The Morgan fingerprint density at radius 3 is 2.57 bits per heavy atom. The Hall–Kier alpha value is -3.96. The van der Waals surface area contributed by atoms with E-state index >= 15 is 0 Å². The van der Waals surface area contributed by atoms with Gasteiger partial charge in [-0.3, -0.25) is 15.1 Å². The molecule has 35 heavy (non-hydrogen) atoms. The minimum absolute atomic E-state index is 0.477. The van der Waals surface area contributed by atoms with Crippen molar-refractivity contribution in [2.45, 2.75) is 0 Å². The van der Waals surface area contributed by atoms with E-state index in [-0.39, 0.29) is 0 Å². The topological polar surface area (TPSA) is 137 Å². The van der Waals surface area contributed by atoms with Crippen LogP contribution in [0.1, 0.15) is 0 Å². The Morgan fingerprint density at radius 1 is 0.971 bits per heavy atom. The first-order valence-electron chi connectivity index (χ1n) is 11.2. The molecule has 0 bridgehead atoms. The number of piperazine rings is 1. The van der Waals surface area contributed by atoms with Gasteiger partial charge in [-0.2, -0.15) is 9.40 Å². The van der Waals surface area contributed by atoms with Crippen LogP contribution in [0, 0.1) is 0 Å². The number of benzene rings is 1. The summed E-state index contributed by atoms with van der Waals surface area (Å²) in [4.78, 5) is 14.4. The van der Waals surface area contributed by atoms with Gasteiger partial charge in [0.2, 0.25) is 10.0 Å². The molecule has 0 amide bonds. The predicted molar refractivity (Wildman–Crippen MR) is 137 cm³/mol. The Balaban J connectivity index is 1.38. The number of pyridine rings is 2. The zero-order valence-electron chi connectivity index (χ0n) is 19.1. The number of sulfonamides is 1. The summed E-state index contributed by atoms with van der Waals surface area (Å²) in [5, 5.41) is 9.65. The third kappa shape index (κ3) is 3.88. The summed E-state index contributed by atoms with van der Waals surface area (Å²) >= 11 is 0. The number of nitrogen functional groups attached to an aromatic ring is 1. The summed E-state index contributed by atoms with van der Waals surface area (Å²) in [6.07, 6.45) is 6.37. The van der Waals surface area contributed by atoms with Crippen LogP contribution in [0.5, 0.6) is 0 Å². The average molecular weight is 489 g/mol. The maximum Gasteiger partial charge on any atom is 0.211 e. The van der Waals surface area contributed by atoms with Gasteiger partial charge in [0, 0.05) is 66.1 Å². The summed E-state index contributed by atoms with van der Waals surface area (Å²) in [5.74, 6) is 0. The van der Waals surface area contributed by atoms with E-state index in [4.69, 9.17) is 5.73 Å². The molecular formula is C24H24N8O2S. The minimum atomic E-state index is -3.17. The molecule has 0 aliphatic carbocycles. The van der Waals surface area contributed by atoms with Crippen molar-refractivity contribution >= 4 is 43.2 Å². The van der Waals surface area contributed by atoms with Gasteiger partial charge in [-0.25, -0.2) is 8.42 Å². The SMILES string of the molecule is CS(=O)(=O)N1CCN(c2cccc3[nH]c(-c4n[nH]c5cnc(-c6cncc(N)c6)cc45)cc23)CC1. The first-order valence-corrected chi connectivity index (χ1v) is 13.1. The van der Waals surface area contributed by atoms with Gasteiger partial charge in [0.25, 0.3) is 0 Å². The van der Waals surface area contributed by atoms with Crippen molar-refractivity contribution in [3.8, 4) is 22.6 Å². The van der Waals surface area contributed by atoms with Crippen molar-refractivity contribution in [1.82, 2.24) is 29.5 Å². The van der Waals surface area contributed by atoms with Gasteiger partial charge >= 0.3 is 0 Å². The quantitative estimate of drug-likeness (QED) is 0.354. The fraction of sp³-hybridized carbons (Fsp3) is 0.208. The standard InChI is InChI=1S/C24H24N8O2S/c1-35(33,34)32-7-5-31(6-8-32)23-4-2-3-19-17(23)10-21(28-19)24-18-11-20(27-14-22(18)29-30-24)15-9-16(25)13-26-12-15/h2-4,9-14,28H,5-8,25H2,1H3,(H,29,30). The second kappa shape index (κ2) is 8.07. The maximum atomic E-state index is 11.9. The van der Waals surface area contributed by atoms with Crippen LogP contribution >= 0.6 is 0 Å². The highest BCUT2D eigenvalue weighted by molar-refractivity contribution is 7.88. The molecular weight excluding hydrogens is 464 g/mol. The van der Waals surface area contributed by atoms with Crippen molar-refractivity contribution in [2.75, 3.05) is 43.1 Å². The summed E-state index contributed by atoms with van der Waals surface area (Å²) in [6.45, 7) is 2.24. The number of fused-ring (bicyclic) bond motifs is 2. The number of rotatable bonds is 4. The van der Waals surface area contributed by atoms with Crippen LogP contribution in [-0.2, 0) is 10.0 Å². The smallest absolute Gasteiger partial charge is 0.211 e. The van der Waals surface area contributed by atoms with Crippen LogP contribution in [0.4, 0.5) is 11.4 Å². The number of aromatic nitrogens is 5. The average Bonchev–Trinajstić information content (AvgIpc) is 3.47. The van der Waals surface area contributed by atoms with Crippen LogP contribution < -0.4 is 10.6 Å². The van der Waals surface area contributed by atoms with Gasteiger partial charge in [-0.1, -0.05) is 6.07 Å². The molecule has 0 radical (unpaired) electrons. The number of aromatic amines is 2. The lowest BCUT2D eigenvalue weighted by Crippen LogP contribution is -2.48.